The van der Waals surface area contributed by atoms with E-state index >= 15 is 0 Å². The van der Waals surface area contributed by atoms with E-state index in [0.29, 0.717) is 23.4 Å². The van der Waals surface area contributed by atoms with Gasteiger partial charge in [0.2, 0.25) is 10.0 Å². The number of hydrogen-bond acceptors (Lipinski definition) is 3. The zero-order valence-corrected chi connectivity index (χ0v) is 12.5. The van der Waals surface area contributed by atoms with E-state index in [-0.39, 0.29) is 6.04 Å². The Morgan fingerprint density at radius 3 is 2.79 bits per heavy atom. The van der Waals surface area contributed by atoms with Crippen LogP contribution in [0, 0.1) is 5.92 Å². The Morgan fingerprint density at radius 1 is 1.47 bits per heavy atom. The van der Waals surface area contributed by atoms with Gasteiger partial charge < -0.3 is 10.3 Å². The van der Waals surface area contributed by atoms with Crippen molar-refractivity contribution < 1.29 is 8.42 Å². The molecule has 0 radical (unpaired) electrons. The summed E-state index contributed by atoms with van der Waals surface area (Å²) in [5.74, 6) is 0.510. The van der Waals surface area contributed by atoms with E-state index < -0.39 is 10.0 Å². The molecule has 1 fully saturated rings. The van der Waals surface area contributed by atoms with E-state index in [1.54, 1.807) is 12.3 Å². The molecule has 1 aliphatic rings. The third-order valence-corrected chi connectivity index (χ3v) is 4.95. The average molecular weight is 285 g/mol. The second-order valence-corrected chi connectivity index (χ2v) is 7.24. The van der Waals surface area contributed by atoms with Crippen molar-refractivity contribution in [2.75, 3.05) is 0 Å². The first-order valence-corrected chi connectivity index (χ1v) is 8.33. The van der Waals surface area contributed by atoms with Gasteiger partial charge in [0.25, 0.3) is 0 Å². The maximum atomic E-state index is 12.1. The molecule has 0 bridgehead atoms. The fourth-order valence-electron chi connectivity index (χ4n) is 2.10. The van der Waals surface area contributed by atoms with Crippen LogP contribution in [0.3, 0.4) is 0 Å². The highest BCUT2D eigenvalue weighted by Gasteiger charge is 2.38. The van der Waals surface area contributed by atoms with E-state index in [0.717, 1.165) is 18.5 Å². The molecule has 6 heteroatoms. The summed E-state index contributed by atoms with van der Waals surface area (Å²) in [7, 11) is -3.37. The lowest BCUT2D eigenvalue weighted by Gasteiger charge is -2.05. The van der Waals surface area contributed by atoms with Gasteiger partial charge in [-0.25, -0.2) is 13.1 Å². The largest absolute Gasteiger partial charge is 0.363 e. The molecule has 1 aliphatic carbocycles. The Bertz CT molecular complexity index is 522. The lowest BCUT2D eigenvalue weighted by Crippen LogP contribution is -2.26. The Morgan fingerprint density at radius 2 is 2.21 bits per heavy atom. The van der Waals surface area contributed by atoms with Crippen LogP contribution in [0.5, 0.6) is 0 Å². The first-order valence-electron chi connectivity index (χ1n) is 6.85. The van der Waals surface area contributed by atoms with E-state index in [4.69, 9.17) is 0 Å². The summed E-state index contributed by atoms with van der Waals surface area (Å²) in [4.78, 5) is 3.33. The Labute approximate surface area is 115 Å². The molecule has 108 valence electrons. The Balaban J connectivity index is 1.97. The molecule has 1 aromatic heterocycles. The molecule has 3 N–H and O–H groups in total. The second-order valence-electron chi connectivity index (χ2n) is 5.53. The van der Waals surface area contributed by atoms with Crippen LogP contribution in [-0.2, 0) is 16.6 Å². The number of sulfonamides is 1. The number of aromatic nitrogens is 1. The van der Waals surface area contributed by atoms with Crippen LogP contribution < -0.4 is 10.0 Å². The van der Waals surface area contributed by atoms with E-state index in [1.165, 1.54) is 0 Å². The number of aromatic amines is 1. The molecule has 0 aliphatic heterocycles. The van der Waals surface area contributed by atoms with Gasteiger partial charge in [0.1, 0.15) is 0 Å². The number of hydrogen-bond donors (Lipinski definition) is 3. The summed E-state index contributed by atoms with van der Waals surface area (Å²) in [6.45, 7) is 6.85. The van der Waals surface area contributed by atoms with Crippen molar-refractivity contribution in [2.45, 2.75) is 57.1 Å². The molecular weight excluding hydrogens is 262 g/mol. The first-order chi connectivity index (χ1) is 8.92. The molecular formula is C13H23N3O2S. The summed E-state index contributed by atoms with van der Waals surface area (Å²) in [6, 6.07) is 2.20. The van der Waals surface area contributed by atoms with Gasteiger partial charge in [-0.1, -0.05) is 27.2 Å². The van der Waals surface area contributed by atoms with Crippen molar-refractivity contribution in [3.05, 3.63) is 18.0 Å². The maximum Gasteiger partial charge on any atom is 0.242 e. The van der Waals surface area contributed by atoms with Gasteiger partial charge in [-0.05, 0) is 18.4 Å². The summed E-state index contributed by atoms with van der Waals surface area (Å²) in [5.41, 5.74) is 0.886. The van der Waals surface area contributed by atoms with Crippen molar-refractivity contribution >= 4 is 10.0 Å². The van der Waals surface area contributed by atoms with Crippen LogP contribution in [0.15, 0.2) is 17.2 Å². The zero-order valence-electron chi connectivity index (χ0n) is 11.7. The van der Waals surface area contributed by atoms with Crippen LogP contribution in [-0.4, -0.2) is 25.5 Å². The fraction of sp³-hybridized carbons (Fsp3) is 0.692. The summed E-state index contributed by atoms with van der Waals surface area (Å²) in [6.07, 6.45) is 3.55. The highest BCUT2D eigenvalue weighted by atomic mass is 32.2. The molecule has 2 rings (SSSR count). The minimum atomic E-state index is -3.37. The lowest BCUT2D eigenvalue weighted by atomic mass is 10.3. The molecule has 1 heterocycles. The van der Waals surface area contributed by atoms with Gasteiger partial charge in [0.15, 0.2) is 0 Å². The number of rotatable bonds is 7. The fourth-order valence-corrected chi connectivity index (χ4v) is 3.44. The lowest BCUT2D eigenvalue weighted by molar-refractivity contribution is 0.575. The van der Waals surface area contributed by atoms with Gasteiger partial charge in [-0.2, -0.15) is 0 Å². The SMILES string of the molecule is CCC1CC1NS(=O)(=O)c1c[nH]c(CNC(C)C)c1. The summed E-state index contributed by atoms with van der Waals surface area (Å²) < 4.78 is 27.0. The Kier molecular flexibility index (Phi) is 4.32. The quantitative estimate of drug-likeness (QED) is 0.712. The minimum Gasteiger partial charge on any atom is -0.363 e. The van der Waals surface area contributed by atoms with Gasteiger partial charge in [-0.3, -0.25) is 0 Å². The topological polar surface area (TPSA) is 74.0 Å². The predicted octanol–water partition coefficient (Wildman–Crippen LogP) is 1.59. The number of H-pyrrole nitrogens is 1. The molecule has 0 saturated heterocycles. The third-order valence-electron chi connectivity index (χ3n) is 3.48. The van der Waals surface area contributed by atoms with Crippen LogP contribution in [0.2, 0.25) is 0 Å². The van der Waals surface area contributed by atoms with Gasteiger partial charge in [0, 0.05) is 30.5 Å². The van der Waals surface area contributed by atoms with Crippen LogP contribution in [0.1, 0.15) is 39.3 Å². The Hall–Kier alpha value is -0.850. The molecule has 1 saturated carbocycles. The molecule has 0 aromatic carbocycles. The van der Waals surface area contributed by atoms with Crippen LogP contribution in [0.25, 0.3) is 0 Å². The third kappa shape index (κ3) is 3.81. The smallest absolute Gasteiger partial charge is 0.242 e. The standard InChI is InChI=1S/C13H23N3O2S/c1-4-10-5-13(10)16-19(17,18)12-6-11(15-8-12)7-14-9(2)3/h6,8-10,13-16H,4-5,7H2,1-3H3. The average Bonchev–Trinajstić information content (AvgIpc) is 2.89. The van der Waals surface area contributed by atoms with Crippen molar-refractivity contribution in [1.82, 2.24) is 15.0 Å². The zero-order chi connectivity index (χ0) is 14.0. The maximum absolute atomic E-state index is 12.1. The van der Waals surface area contributed by atoms with Crippen molar-refractivity contribution in [2.24, 2.45) is 5.92 Å². The van der Waals surface area contributed by atoms with E-state index in [1.807, 2.05) is 0 Å². The molecule has 1 aromatic rings. The van der Waals surface area contributed by atoms with Crippen molar-refractivity contribution in [3.63, 3.8) is 0 Å². The van der Waals surface area contributed by atoms with Crippen LogP contribution in [0.4, 0.5) is 0 Å². The van der Waals surface area contributed by atoms with Gasteiger partial charge in [0.05, 0.1) is 4.90 Å². The molecule has 19 heavy (non-hydrogen) atoms. The summed E-state index contributed by atoms with van der Waals surface area (Å²) in [5, 5.41) is 3.25. The van der Waals surface area contributed by atoms with Gasteiger partial charge in [-0.15, -0.1) is 0 Å². The molecule has 5 nitrogen and oxygen atoms in total. The monoisotopic (exact) mass is 285 g/mol. The van der Waals surface area contributed by atoms with E-state index in [2.05, 4.69) is 35.8 Å². The minimum absolute atomic E-state index is 0.127. The normalized spacial score (nSPS) is 22.9. The van der Waals surface area contributed by atoms with Crippen molar-refractivity contribution in [1.29, 1.82) is 0 Å². The van der Waals surface area contributed by atoms with E-state index in [9.17, 15) is 8.42 Å². The molecule has 0 spiro atoms. The summed E-state index contributed by atoms with van der Waals surface area (Å²) >= 11 is 0. The molecule has 0 amide bonds. The first kappa shape index (κ1) is 14.6. The molecule has 2 atom stereocenters. The predicted molar refractivity (Wildman–Crippen MR) is 75.3 cm³/mol. The molecule has 2 unspecified atom stereocenters. The highest BCUT2D eigenvalue weighted by Crippen LogP contribution is 2.34. The van der Waals surface area contributed by atoms with Crippen LogP contribution >= 0.6 is 0 Å². The number of nitrogens with one attached hydrogen (secondary N) is 3. The van der Waals surface area contributed by atoms with Gasteiger partial charge >= 0.3 is 0 Å². The second kappa shape index (κ2) is 5.64. The highest BCUT2D eigenvalue weighted by molar-refractivity contribution is 7.89. The van der Waals surface area contributed by atoms with Crippen molar-refractivity contribution in [3.8, 4) is 0 Å².